The van der Waals surface area contributed by atoms with Crippen LogP contribution in [0.15, 0.2) is 86.0 Å². The molecule has 0 radical (unpaired) electrons. The molecule has 0 saturated carbocycles. The van der Waals surface area contributed by atoms with E-state index in [1.807, 2.05) is 76.2 Å². The molecule has 5 heterocycles. The van der Waals surface area contributed by atoms with Gasteiger partial charge in [0.2, 0.25) is 0 Å². The van der Waals surface area contributed by atoms with Crippen LogP contribution in [0, 0.1) is 0 Å². The number of hydrogen-bond acceptors (Lipinski definition) is 5. The van der Waals surface area contributed by atoms with Gasteiger partial charge in [-0.25, -0.2) is 14.8 Å². The number of carbonyl (C=O) groups excluding carboxylic acids is 1. The van der Waals surface area contributed by atoms with Gasteiger partial charge in [-0.15, -0.1) is 0 Å². The van der Waals surface area contributed by atoms with Gasteiger partial charge in [0.05, 0.1) is 24.1 Å². The summed E-state index contributed by atoms with van der Waals surface area (Å²) in [7, 11) is 0. The molecule has 0 atom stereocenters. The lowest BCUT2D eigenvalue weighted by atomic mass is 10.3. The molecule has 5 aromatic heterocycles. The summed E-state index contributed by atoms with van der Waals surface area (Å²) in [5, 5.41) is 10.1. The monoisotopic (exact) mass is 539 g/mol. The van der Waals surface area contributed by atoms with Gasteiger partial charge in [0, 0.05) is 55.8 Å². The maximum Gasteiger partial charge on any atom is 0.490 e. The van der Waals surface area contributed by atoms with E-state index < -0.39 is 12.1 Å². The van der Waals surface area contributed by atoms with Crippen molar-refractivity contribution in [3.8, 4) is 11.4 Å². The van der Waals surface area contributed by atoms with Crippen LogP contribution in [0.1, 0.15) is 22.6 Å². The molecule has 39 heavy (non-hydrogen) atoms. The van der Waals surface area contributed by atoms with Gasteiger partial charge >= 0.3 is 12.1 Å². The number of aromatic nitrogens is 6. The normalized spacial score (nSPS) is 11.2. The van der Waals surface area contributed by atoms with Crippen LogP contribution in [-0.4, -0.2) is 58.2 Å². The van der Waals surface area contributed by atoms with Crippen molar-refractivity contribution < 1.29 is 27.9 Å². The zero-order valence-corrected chi connectivity index (χ0v) is 20.5. The molecule has 0 aliphatic rings. The number of pyridine rings is 2. The third-order valence-corrected chi connectivity index (χ3v) is 5.52. The number of carbonyl (C=O) groups is 2. The van der Waals surface area contributed by atoms with Crippen LogP contribution >= 0.6 is 0 Å². The fourth-order valence-corrected chi connectivity index (χ4v) is 3.72. The highest BCUT2D eigenvalue weighted by atomic mass is 19.4. The molecule has 202 valence electrons. The van der Waals surface area contributed by atoms with Gasteiger partial charge in [0.1, 0.15) is 5.82 Å². The molecule has 0 aliphatic carbocycles. The highest BCUT2D eigenvalue weighted by Crippen LogP contribution is 2.23. The number of carboxylic acid groups (broad SMARTS) is 1. The Kier molecular flexibility index (Phi) is 8.39. The summed E-state index contributed by atoms with van der Waals surface area (Å²) in [5.74, 6) is -2.19. The SMILES string of the molecule is O=C(NCCCn1ccnc1)c1nc(-c2ccn(Cc3ccccn3)c2)n2ccccc12.O=C(O)C(F)(F)F. The molecule has 13 heteroatoms. The maximum atomic E-state index is 12.9. The summed E-state index contributed by atoms with van der Waals surface area (Å²) in [6.07, 6.45) is 8.94. The molecule has 0 aromatic carbocycles. The lowest BCUT2D eigenvalue weighted by molar-refractivity contribution is -0.192. The van der Waals surface area contributed by atoms with Crippen molar-refractivity contribution in [1.29, 1.82) is 0 Å². The van der Waals surface area contributed by atoms with Gasteiger partial charge in [-0.3, -0.25) is 14.2 Å². The van der Waals surface area contributed by atoms with E-state index in [9.17, 15) is 18.0 Å². The van der Waals surface area contributed by atoms with Crippen LogP contribution in [0.2, 0.25) is 0 Å². The van der Waals surface area contributed by atoms with Crippen molar-refractivity contribution in [3.05, 3.63) is 97.4 Å². The fourth-order valence-electron chi connectivity index (χ4n) is 3.72. The van der Waals surface area contributed by atoms with Gasteiger partial charge in [0.15, 0.2) is 5.69 Å². The smallest absolute Gasteiger partial charge is 0.475 e. The average Bonchev–Trinajstić information content (AvgIpc) is 3.67. The Balaban J connectivity index is 0.000000448. The first kappa shape index (κ1) is 27.1. The van der Waals surface area contributed by atoms with E-state index in [2.05, 4.69) is 19.9 Å². The molecule has 10 nitrogen and oxygen atoms in total. The van der Waals surface area contributed by atoms with Gasteiger partial charge in [-0.2, -0.15) is 13.2 Å². The van der Waals surface area contributed by atoms with Crippen molar-refractivity contribution in [2.24, 2.45) is 0 Å². The Labute approximate surface area is 220 Å². The number of nitrogens with zero attached hydrogens (tertiary/aromatic N) is 6. The summed E-state index contributed by atoms with van der Waals surface area (Å²) < 4.78 is 37.8. The maximum absolute atomic E-state index is 12.9. The minimum absolute atomic E-state index is 0.168. The zero-order valence-electron chi connectivity index (χ0n) is 20.5. The molecular weight excluding hydrogens is 515 g/mol. The van der Waals surface area contributed by atoms with Crippen molar-refractivity contribution in [3.63, 3.8) is 0 Å². The molecule has 0 saturated heterocycles. The number of aliphatic carboxylic acids is 1. The van der Waals surface area contributed by atoms with Crippen LogP contribution in [-0.2, 0) is 17.9 Å². The first-order valence-electron chi connectivity index (χ1n) is 11.8. The molecule has 0 aliphatic heterocycles. The number of alkyl halides is 3. The van der Waals surface area contributed by atoms with Crippen LogP contribution in [0.25, 0.3) is 16.9 Å². The van der Waals surface area contributed by atoms with E-state index in [4.69, 9.17) is 14.9 Å². The fraction of sp³-hybridized carbons (Fsp3) is 0.192. The van der Waals surface area contributed by atoms with E-state index in [0.717, 1.165) is 35.6 Å². The first-order valence-corrected chi connectivity index (χ1v) is 11.8. The highest BCUT2D eigenvalue weighted by molar-refractivity contribution is 6.00. The Bertz CT molecular complexity index is 1530. The third kappa shape index (κ3) is 7.09. The zero-order chi connectivity index (χ0) is 27.8. The molecule has 0 fully saturated rings. The van der Waals surface area contributed by atoms with E-state index in [1.165, 1.54) is 0 Å². The lowest BCUT2D eigenvalue weighted by Gasteiger charge is -2.04. The van der Waals surface area contributed by atoms with Crippen LogP contribution in [0.3, 0.4) is 0 Å². The van der Waals surface area contributed by atoms with Crippen molar-refractivity contribution >= 4 is 17.4 Å². The topological polar surface area (TPSA) is 119 Å². The minimum atomic E-state index is -5.08. The average molecular weight is 540 g/mol. The summed E-state index contributed by atoms with van der Waals surface area (Å²) in [6.45, 7) is 2.05. The molecule has 1 amide bonds. The standard InChI is InChI=1S/C24H23N7O.C2HF3O2/c32-24(27-10-5-12-29-15-11-25-18-29)22-21-7-2-4-13-31(21)23(28-22)19-8-14-30(16-19)17-20-6-1-3-9-26-20;3-2(4,5)1(6)7/h1-4,6-9,11,13-16,18H,5,10,12,17H2,(H,27,32);(H,6,7). The number of carboxylic acids is 1. The summed E-state index contributed by atoms with van der Waals surface area (Å²) in [6, 6.07) is 13.7. The number of halogens is 3. The largest absolute Gasteiger partial charge is 0.490 e. The highest BCUT2D eigenvalue weighted by Gasteiger charge is 2.38. The molecule has 2 N–H and O–H groups in total. The minimum Gasteiger partial charge on any atom is -0.475 e. The number of rotatable bonds is 8. The van der Waals surface area contributed by atoms with E-state index in [1.54, 1.807) is 18.7 Å². The van der Waals surface area contributed by atoms with Crippen LogP contribution < -0.4 is 5.32 Å². The third-order valence-electron chi connectivity index (χ3n) is 5.52. The second-order valence-electron chi connectivity index (χ2n) is 8.35. The van der Waals surface area contributed by atoms with Crippen molar-refractivity contribution in [2.45, 2.75) is 25.7 Å². The molecule has 5 aromatic rings. The Hall–Kier alpha value is -4.94. The van der Waals surface area contributed by atoms with Gasteiger partial charge in [-0.05, 0) is 36.8 Å². The second kappa shape index (κ2) is 12.1. The van der Waals surface area contributed by atoms with Gasteiger partial charge in [0.25, 0.3) is 5.91 Å². The Morgan fingerprint density at radius 1 is 0.974 bits per heavy atom. The molecular formula is C26H24F3N7O3. The number of imidazole rings is 2. The van der Waals surface area contributed by atoms with Crippen LogP contribution in [0.4, 0.5) is 13.2 Å². The first-order chi connectivity index (χ1) is 18.7. The van der Waals surface area contributed by atoms with E-state index >= 15 is 0 Å². The molecule has 5 rings (SSSR count). The predicted octanol–water partition coefficient (Wildman–Crippen LogP) is 3.90. The van der Waals surface area contributed by atoms with Crippen molar-refractivity contribution in [2.75, 3.05) is 6.54 Å². The van der Waals surface area contributed by atoms with Crippen LogP contribution in [0.5, 0.6) is 0 Å². The summed E-state index contributed by atoms with van der Waals surface area (Å²) in [5.41, 5.74) is 3.15. The van der Waals surface area contributed by atoms with Crippen molar-refractivity contribution in [1.82, 2.24) is 33.8 Å². The number of aryl methyl sites for hydroxylation is 1. The van der Waals surface area contributed by atoms with Gasteiger partial charge in [-0.1, -0.05) is 12.1 Å². The number of fused-ring (bicyclic) bond motifs is 1. The number of nitrogens with one attached hydrogen (secondary N) is 1. The molecule has 0 bridgehead atoms. The Morgan fingerprint density at radius 2 is 1.77 bits per heavy atom. The van der Waals surface area contributed by atoms with E-state index in [-0.39, 0.29) is 5.91 Å². The molecule has 0 spiro atoms. The number of amides is 1. The Morgan fingerprint density at radius 3 is 2.46 bits per heavy atom. The summed E-state index contributed by atoms with van der Waals surface area (Å²) >= 11 is 0. The molecule has 0 unspecified atom stereocenters. The van der Waals surface area contributed by atoms with E-state index in [0.29, 0.717) is 18.8 Å². The number of hydrogen-bond donors (Lipinski definition) is 2. The second-order valence-corrected chi connectivity index (χ2v) is 8.35. The quantitative estimate of drug-likeness (QED) is 0.289. The summed E-state index contributed by atoms with van der Waals surface area (Å²) in [4.78, 5) is 34.9. The predicted molar refractivity (Wildman–Crippen MR) is 135 cm³/mol. The lowest BCUT2D eigenvalue weighted by Crippen LogP contribution is -2.25. The van der Waals surface area contributed by atoms with Gasteiger partial charge < -0.3 is 19.6 Å².